The highest BCUT2D eigenvalue weighted by atomic mass is 19.1. The topological polar surface area (TPSA) is 63.0 Å². The summed E-state index contributed by atoms with van der Waals surface area (Å²) in [6, 6.07) is 15.3. The fourth-order valence-corrected chi connectivity index (χ4v) is 4.85. The standard InChI is InChI=1S/C30H35FN2O4/c1-5-32(6-2)30(35)27-13-12-25(37-27)19-36-24-11-10-21-14-15-33(28(34)16-20(3)4)29(26(21)18-24)22-8-7-9-23(31)17-22/h7-13,17-18,20,29H,5-6,14-16,19H2,1-4H3/t29-/m1/s1. The van der Waals surface area contributed by atoms with Crippen molar-refractivity contribution in [3.8, 4) is 5.75 Å². The van der Waals surface area contributed by atoms with Crippen LogP contribution < -0.4 is 4.74 Å². The highest BCUT2D eigenvalue weighted by Crippen LogP contribution is 2.38. The molecule has 2 amide bonds. The summed E-state index contributed by atoms with van der Waals surface area (Å²) >= 11 is 0. The monoisotopic (exact) mass is 506 g/mol. The van der Waals surface area contributed by atoms with Gasteiger partial charge in [0.25, 0.3) is 5.91 Å². The molecule has 0 unspecified atom stereocenters. The number of fused-ring (bicyclic) bond motifs is 1. The number of benzene rings is 2. The lowest BCUT2D eigenvalue weighted by atomic mass is 9.87. The Kier molecular flexibility index (Phi) is 8.31. The van der Waals surface area contributed by atoms with Crippen molar-refractivity contribution in [2.75, 3.05) is 19.6 Å². The molecule has 3 aromatic rings. The molecule has 1 aliphatic rings. The van der Waals surface area contributed by atoms with Gasteiger partial charge in [0.1, 0.15) is 23.9 Å². The van der Waals surface area contributed by atoms with Gasteiger partial charge in [0, 0.05) is 26.1 Å². The van der Waals surface area contributed by atoms with E-state index in [1.54, 1.807) is 23.1 Å². The summed E-state index contributed by atoms with van der Waals surface area (Å²) in [4.78, 5) is 29.3. The van der Waals surface area contributed by atoms with Crippen molar-refractivity contribution >= 4 is 11.8 Å². The van der Waals surface area contributed by atoms with Crippen molar-refractivity contribution in [3.05, 3.63) is 88.6 Å². The quantitative estimate of drug-likeness (QED) is 0.357. The number of hydrogen-bond acceptors (Lipinski definition) is 4. The number of halogens is 1. The molecule has 6 nitrogen and oxygen atoms in total. The molecule has 2 heterocycles. The number of rotatable bonds is 9. The van der Waals surface area contributed by atoms with Gasteiger partial charge in [-0.2, -0.15) is 0 Å². The molecule has 0 spiro atoms. The Balaban J connectivity index is 1.58. The van der Waals surface area contributed by atoms with Crippen LogP contribution in [0.1, 0.15) is 73.2 Å². The summed E-state index contributed by atoms with van der Waals surface area (Å²) in [6.45, 7) is 9.86. The van der Waals surface area contributed by atoms with Gasteiger partial charge in [0.2, 0.25) is 5.91 Å². The molecule has 2 aromatic carbocycles. The van der Waals surface area contributed by atoms with Crippen molar-refractivity contribution in [1.29, 1.82) is 0 Å². The molecule has 0 saturated carbocycles. The first-order valence-electron chi connectivity index (χ1n) is 13.0. The molecule has 196 valence electrons. The smallest absolute Gasteiger partial charge is 0.289 e. The van der Waals surface area contributed by atoms with Crippen LogP contribution in [0.15, 0.2) is 59.0 Å². The number of amides is 2. The number of furan rings is 1. The molecule has 4 rings (SSSR count). The first kappa shape index (κ1) is 26.5. The number of hydrogen-bond donors (Lipinski definition) is 0. The van der Waals surface area contributed by atoms with Crippen LogP contribution in [0.4, 0.5) is 4.39 Å². The molecule has 0 bridgehead atoms. The lowest BCUT2D eigenvalue weighted by Crippen LogP contribution is -2.41. The maximum absolute atomic E-state index is 14.2. The molecule has 7 heteroatoms. The van der Waals surface area contributed by atoms with Crippen molar-refractivity contribution < 1.29 is 23.1 Å². The van der Waals surface area contributed by atoms with Gasteiger partial charge in [0.15, 0.2) is 5.76 Å². The molecular formula is C30H35FN2O4. The molecule has 1 aliphatic heterocycles. The van der Waals surface area contributed by atoms with E-state index in [0.717, 1.165) is 23.1 Å². The number of nitrogens with zero attached hydrogens (tertiary/aromatic N) is 2. The normalized spacial score (nSPS) is 15.0. The molecule has 0 aliphatic carbocycles. The van der Waals surface area contributed by atoms with E-state index in [9.17, 15) is 14.0 Å². The predicted octanol–water partition coefficient (Wildman–Crippen LogP) is 6.00. The number of carbonyl (C=O) groups is 2. The summed E-state index contributed by atoms with van der Waals surface area (Å²) in [5, 5.41) is 0. The highest BCUT2D eigenvalue weighted by Gasteiger charge is 2.32. The molecule has 0 N–H and O–H groups in total. The Hall–Kier alpha value is -3.61. The summed E-state index contributed by atoms with van der Waals surface area (Å²) in [6.07, 6.45) is 1.16. The molecule has 1 atom stereocenters. The third-order valence-corrected chi connectivity index (χ3v) is 6.72. The lowest BCUT2D eigenvalue weighted by molar-refractivity contribution is -0.134. The van der Waals surface area contributed by atoms with E-state index in [-0.39, 0.29) is 30.2 Å². The van der Waals surface area contributed by atoms with Crippen molar-refractivity contribution in [1.82, 2.24) is 9.80 Å². The number of ether oxygens (including phenoxy) is 1. The number of carbonyl (C=O) groups excluding carboxylic acids is 2. The summed E-state index contributed by atoms with van der Waals surface area (Å²) in [5.41, 5.74) is 2.78. The van der Waals surface area contributed by atoms with Gasteiger partial charge in [-0.05, 0) is 79.3 Å². The van der Waals surface area contributed by atoms with Crippen LogP contribution in [-0.2, 0) is 17.8 Å². The summed E-state index contributed by atoms with van der Waals surface area (Å²) < 4.78 is 26.0. The Labute approximate surface area is 218 Å². The maximum atomic E-state index is 14.2. The average Bonchev–Trinajstić information content (AvgIpc) is 3.36. The van der Waals surface area contributed by atoms with E-state index in [1.807, 2.05) is 56.9 Å². The summed E-state index contributed by atoms with van der Waals surface area (Å²) in [5.74, 6) is 1.26. The second-order valence-corrected chi connectivity index (χ2v) is 9.79. The van der Waals surface area contributed by atoms with E-state index in [1.165, 1.54) is 12.1 Å². The molecule has 37 heavy (non-hydrogen) atoms. The van der Waals surface area contributed by atoms with Gasteiger partial charge < -0.3 is 19.0 Å². The zero-order valence-corrected chi connectivity index (χ0v) is 22.0. The van der Waals surface area contributed by atoms with Gasteiger partial charge >= 0.3 is 0 Å². The third-order valence-electron chi connectivity index (χ3n) is 6.72. The van der Waals surface area contributed by atoms with Gasteiger partial charge in [0.05, 0.1) is 6.04 Å². The van der Waals surface area contributed by atoms with Crippen LogP contribution in [0.2, 0.25) is 0 Å². The maximum Gasteiger partial charge on any atom is 0.289 e. The first-order valence-corrected chi connectivity index (χ1v) is 13.0. The Morgan fingerprint density at radius 1 is 1.11 bits per heavy atom. The van der Waals surface area contributed by atoms with E-state index >= 15 is 0 Å². The Bertz CT molecular complexity index is 1250. The van der Waals surface area contributed by atoms with E-state index < -0.39 is 6.04 Å². The Morgan fingerprint density at radius 2 is 1.89 bits per heavy atom. The van der Waals surface area contributed by atoms with Crippen LogP contribution in [0.5, 0.6) is 5.75 Å². The van der Waals surface area contributed by atoms with Crippen LogP contribution in [0.25, 0.3) is 0 Å². The molecular weight excluding hydrogens is 471 g/mol. The van der Waals surface area contributed by atoms with Crippen LogP contribution in [0.3, 0.4) is 0 Å². The lowest BCUT2D eigenvalue weighted by Gasteiger charge is -2.38. The summed E-state index contributed by atoms with van der Waals surface area (Å²) in [7, 11) is 0. The first-order chi connectivity index (χ1) is 17.8. The van der Waals surface area contributed by atoms with E-state index in [4.69, 9.17) is 9.15 Å². The third kappa shape index (κ3) is 6.04. The fraction of sp³-hybridized carbons (Fsp3) is 0.400. The van der Waals surface area contributed by atoms with Gasteiger partial charge in [-0.3, -0.25) is 9.59 Å². The van der Waals surface area contributed by atoms with Gasteiger partial charge in [-0.15, -0.1) is 0 Å². The molecule has 0 saturated heterocycles. The SMILES string of the molecule is CCN(CC)C(=O)c1ccc(COc2ccc3c(c2)[C@@H](c2cccc(F)c2)N(C(=O)CC(C)C)CC3)o1. The fourth-order valence-electron chi connectivity index (χ4n) is 4.85. The minimum absolute atomic E-state index is 0.0576. The average molecular weight is 507 g/mol. The van der Waals surface area contributed by atoms with Gasteiger partial charge in [-0.1, -0.05) is 32.0 Å². The molecule has 1 aromatic heterocycles. The second kappa shape index (κ2) is 11.6. The largest absolute Gasteiger partial charge is 0.486 e. The molecule has 0 radical (unpaired) electrons. The van der Waals surface area contributed by atoms with Crippen molar-refractivity contribution in [3.63, 3.8) is 0 Å². The predicted molar refractivity (Wildman–Crippen MR) is 140 cm³/mol. The van der Waals surface area contributed by atoms with E-state index in [2.05, 4.69) is 0 Å². The zero-order valence-electron chi connectivity index (χ0n) is 22.0. The van der Waals surface area contributed by atoms with Crippen LogP contribution in [0, 0.1) is 11.7 Å². The van der Waals surface area contributed by atoms with E-state index in [0.29, 0.717) is 43.3 Å². The minimum atomic E-state index is -0.392. The minimum Gasteiger partial charge on any atom is -0.486 e. The second-order valence-electron chi connectivity index (χ2n) is 9.79. The zero-order chi connectivity index (χ0) is 26.5. The van der Waals surface area contributed by atoms with Crippen LogP contribution >= 0.6 is 0 Å². The Morgan fingerprint density at radius 3 is 2.59 bits per heavy atom. The molecule has 0 fully saturated rings. The van der Waals surface area contributed by atoms with Crippen LogP contribution in [-0.4, -0.2) is 41.2 Å². The van der Waals surface area contributed by atoms with Gasteiger partial charge in [-0.25, -0.2) is 4.39 Å². The van der Waals surface area contributed by atoms with Crippen molar-refractivity contribution in [2.24, 2.45) is 5.92 Å². The highest BCUT2D eigenvalue weighted by molar-refractivity contribution is 5.91. The van der Waals surface area contributed by atoms with Crippen molar-refractivity contribution in [2.45, 2.75) is 53.2 Å².